The first kappa shape index (κ1) is 27.9. The summed E-state index contributed by atoms with van der Waals surface area (Å²) in [5, 5.41) is 0. The van der Waals surface area contributed by atoms with E-state index in [1.807, 2.05) is 0 Å². The van der Waals surface area contributed by atoms with Crippen LogP contribution in [-0.2, 0) is 12.8 Å². The molecule has 4 rings (SSSR count). The van der Waals surface area contributed by atoms with Crippen molar-refractivity contribution in [2.45, 2.75) is 103 Å². The molecule has 0 atom stereocenters. The lowest BCUT2D eigenvalue weighted by Crippen LogP contribution is -2.25. The summed E-state index contributed by atoms with van der Waals surface area (Å²) < 4.78 is 33.7. The van der Waals surface area contributed by atoms with Gasteiger partial charge in [0.1, 0.15) is 0 Å². The van der Waals surface area contributed by atoms with Gasteiger partial charge in [0, 0.05) is 0 Å². The van der Waals surface area contributed by atoms with E-state index in [4.69, 9.17) is 4.74 Å². The van der Waals surface area contributed by atoms with Crippen LogP contribution in [0.1, 0.15) is 107 Å². The van der Waals surface area contributed by atoms with Crippen LogP contribution in [0.15, 0.2) is 48.6 Å². The van der Waals surface area contributed by atoms with E-state index in [2.05, 4.69) is 43.3 Å². The van der Waals surface area contributed by atoms with Gasteiger partial charge < -0.3 is 4.74 Å². The molecule has 0 saturated heterocycles. The molecule has 2 aromatic rings. The van der Waals surface area contributed by atoms with Gasteiger partial charge in [0.05, 0.1) is 7.11 Å². The Morgan fingerprint density at radius 1 is 0.757 bits per heavy atom. The maximum Gasteiger partial charge on any atom is 0.200 e. The molecule has 37 heavy (non-hydrogen) atoms. The number of hydrogen-bond acceptors (Lipinski definition) is 1. The molecule has 202 valence electrons. The van der Waals surface area contributed by atoms with E-state index in [9.17, 15) is 8.78 Å². The van der Waals surface area contributed by atoms with E-state index in [1.54, 1.807) is 12.1 Å². The Bertz CT molecular complexity index is 980. The zero-order chi connectivity index (χ0) is 26.0. The molecule has 0 spiro atoms. The Balaban J connectivity index is 1.15. The summed E-state index contributed by atoms with van der Waals surface area (Å²) in [6.07, 6.45) is 21.7. The molecule has 2 saturated carbocycles. The number of hydrogen-bond donors (Lipinski definition) is 0. The van der Waals surface area contributed by atoms with Crippen LogP contribution in [0.2, 0.25) is 0 Å². The lowest BCUT2D eigenvalue weighted by molar-refractivity contribution is 0.170. The third-order valence-electron chi connectivity index (χ3n) is 9.09. The minimum absolute atomic E-state index is 0.00688. The molecular formula is C34H46F2O. The van der Waals surface area contributed by atoms with E-state index in [1.165, 1.54) is 69.6 Å². The van der Waals surface area contributed by atoms with Gasteiger partial charge in [0.15, 0.2) is 11.6 Å². The predicted octanol–water partition coefficient (Wildman–Crippen LogP) is 9.98. The number of allylic oxidation sites excluding steroid dienone is 2. The average Bonchev–Trinajstić information content (AvgIpc) is 2.94. The number of unbranched alkanes of at least 4 members (excludes halogenated alkanes) is 2. The molecule has 2 aliphatic rings. The van der Waals surface area contributed by atoms with Crippen molar-refractivity contribution < 1.29 is 13.5 Å². The Morgan fingerprint density at radius 2 is 1.38 bits per heavy atom. The van der Waals surface area contributed by atoms with Crippen molar-refractivity contribution in [1.82, 2.24) is 0 Å². The highest BCUT2D eigenvalue weighted by Gasteiger charge is 2.32. The summed E-state index contributed by atoms with van der Waals surface area (Å²) >= 11 is 0. The van der Waals surface area contributed by atoms with Crippen LogP contribution in [0.25, 0.3) is 0 Å². The molecule has 0 bridgehead atoms. The van der Waals surface area contributed by atoms with Crippen molar-refractivity contribution in [2.75, 3.05) is 7.11 Å². The second-order valence-electron chi connectivity index (χ2n) is 11.5. The standard InChI is InChI=1S/C34H46F2O/c1-3-4-5-8-25-11-13-26(14-12-25)9-6-7-10-27-15-17-28(18-16-27)29-19-21-30(22-20-29)31-23-24-32(37-2)34(36)33(31)35/h7,10-14,23-24,27-30H,3-6,8-9,15-22H2,1-2H3/b10-7+. The highest BCUT2D eigenvalue weighted by molar-refractivity contribution is 5.33. The number of aryl methyl sites for hydroxylation is 2. The molecule has 0 aliphatic heterocycles. The summed E-state index contributed by atoms with van der Waals surface area (Å²) in [4.78, 5) is 0. The lowest BCUT2D eigenvalue weighted by atomic mass is 9.68. The number of ether oxygens (including phenoxy) is 1. The van der Waals surface area contributed by atoms with Gasteiger partial charge in [-0.3, -0.25) is 0 Å². The van der Waals surface area contributed by atoms with Crippen LogP contribution < -0.4 is 4.74 Å². The molecule has 2 aliphatic carbocycles. The molecular weight excluding hydrogens is 462 g/mol. The van der Waals surface area contributed by atoms with Crippen molar-refractivity contribution in [3.63, 3.8) is 0 Å². The number of rotatable bonds is 11. The fraction of sp³-hybridized carbons (Fsp3) is 0.588. The molecule has 3 heteroatoms. The minimum atomic E-state index is -0.843. The maximum atomic E-state index is 14.6. The zero-order valence-electron chi connectivity index (χ0n) is 23.0. The molecule has 0 amide bonds. The van der Waals surface area contributed by atoms with Crippen LogP contribution in [0.4, 0.5) is 8.78 Å². The summed E-state index contributed by atoms with van der Waals surface area (Å²) in [6, 6.07) is 12.6. The first-order chi connectivity index (χ1) is 18.1. The Labute approximate surface area is 223 Å². The van der Waals surface area contributed by atoms with Gasteiger partial charge >= 0.3 is 0 Å². The summed E-state index contributed by atoms with van der Waals surface area (Å²) in [5.41, 5.74) is 3.45. The van der Waals surface area contributed by atoms with Gasteiger partial charge in [-0.25, -0.2) is 4.39 Å². The molecule has 0 N–H and O–H groups in total. The second kappa shape index (κ2) is 14.1. The molecule has 0 aromatic heterocycles. The number of benzene rings is 2. The monoisotopic (exact) mass is 508 g/mol. The smallest absolute Gasteiger partial charge is 0.200 e. The van der Waals surface area contributed by atoms with Crippen molar-refractivity contribution in [1.29, 1.82) is 0 Å². The first-order valence-electron chi connectivity index (χ1n) is 14.8. The minimum Gasteiger partial charge on any atom is -0.494 e. The Morgan fingerprint density at radius 3 is 2.00 bits per heavy atom. The van der Waals surface area contributed by atoms with Gasteiger partial charge in [-0.2, -0.15) is 4.39 Å². The second-order valence-corrected chi connectivity index (χ2v) is 11.5. The summed E-state index contributed by atoms with van der Waals surface area (Å²) in [5.74, 6) is 0.848. The molecule has 0 radical (unpaired) electrons. The van der Waals surface area contributed by atoms with Crippen molar-refractivity contribution in [3.8, 4) is 5.75 Å². The molecule has 0 unspecified atom stereocenters. The van der Waals surface area contributed by atoms with Gasteiger partial charge in [-0.1, -0.05) is 62.2 Å². The van der Waals surface area contributed by atoms with Crippen molar-refractivity contribution >= 4 is 0 Å². The van der Waals surface area contributed by atoms with E-state index in [0.29, 0.717) is 5.56 Å². The van der Waals surface area contributed by atoms with E-state index < -0.39 is 11.6 Å². The van der Waals surface area contributed by atoms with Crippen molar-refractivity contribution in [3.05, 3.63) is 76.9 Å². The average molecular weight is 509 g/mol. The quantitative estimate of drug-likeness (QED) is 0.217. The highest BCUT2D eigenvalue weighted by Crippen LogP contribution is 2.45. The van der Waals surface area contributed by atoms with Gasteiger partial charge in [0.2, 0.25) is 5.82 Å². The number of halogens is 2. The largest absolute Gasteiger partial charge is 0.494 e. The highest BCUT2D eigenvalue weighted by atomic mass is 19.2. The Hall–Kier alpha value is -2.16. The van der Waals surface area contributed by atoms with Crippen LogP contribution >= 0.6 is 0 Å². The first-order valence-corrected chi connectivity index (χ1v) is 14.8. The van der Waals surface area contributed by atoms with Crippen LogP contribution in [-0.4, -0.2) is 7.11 Å². The number of methoxy groups -OCH3 is 1. The van der Waals surface area contributed by atoms with Crippen LogP contribution in [0.5, 0.6) is 5.75 Å². The van der Waals surface area contributed by atoms with E-state index >= 15 is 0 Å². The molecule has 2 aromatic carbocycles. The van der Waals surface area contributed by atoms with Gasteiger partial charge in [0.25, 0.3) is 0 Å². The van der Waals surface area contributed by atoms with Gasteiger partial charge in [-0.15, -0.1) is 0 Å². The Kier molecular flexibility index (Phi) is 10.6. The molecule has 0 heterocycles. The lowest BCUT2D eigenvalue weighted by Gasteiger charge is -2.37. The molecule has 1 nitrogen and oxygen atoms in total. The SMILES string of the molecule is CCCCCc1ccc(CC/C=C/C2CCC(C3CCC(c4ccc(OC)c(F)c4F)CC3)CC2)cc1. The third kappa shape index (κ3) is 7.68. The van der Waals surface area contributed by atoms with Gasteiger partial charge in [-0.05, 0) is 123 Å². The predicted molar refractivity (Wildman–Crippen MR) is 150 cm³/mol. The fourth-order valence-electron chi connectivity index (χ4n) is 6.72. The van der Waals surface area contributed by atoms with E-state index in [-0.39, 0.29) is 11.7 Å². The maximum absolute atomic E-state index is 14.6. The summed E-state index contributed by atoms with van der Waals surface area (Å²) in [6.45, 7) is 2.26. The zero-order valence-corrected chi connectivity index (χ0v) is 23.0. The van der Waals surface area contributed by atoms with E-state index in [0.717, 1.165) is 56.3 Å². The van der Waals surface area contributed by atoms with Crippen LogP contribution in [0.3, 0.4) is 0 Å². The fourth-order valence-corrected chi connectivity index (χ4v) is 6.72. The third-order valence-corrected chi connectivity index (χ3v) is 9.09. The summed E-state index contributed by atoms with van der Waals surface area (Å²) in [7, 11) is 1.38. The van der Waals surface area contributed by atoms with Crippen molar-refractivity contribution in [2.24, 2.45) is 17.8 Å². The van der Waals surface area contributed by atoms with Crippen LogP contribution in [0, 0.1) is 29.4 Å². The molecule has 2 fully saturated rings. The topological polar surface area (TPSA) is 9.23 Å². The normalized spacial score (nSPS) is 24.4.